The molecule has 2 rings (SSSR count). The van der Waals surface area contributed by atoms with Crippen molar-refractivity contribution in [3.05, 3.63) is 67.0 Å². The first-order valence-electron chi connectivity index (χ1n) is 5.23. The van der Waals surface area contributed by atoms with Gasteiger partial charge in [-0.1, -0.05) is 18.2 Å². The van der Waals surface area contributed by atoms with Crippen molar-refractivity contribution in [2.24, 2.45) is 0 Å². The summed E-state index contributed by atoms with van der Waals surface area (Å²) < 4.78 is 10.0. The highest BCUT2D eigenvalue weighted by Gasteiger charge is 2.06. The summed E-state index contributed by atoms with van der Waals surface area (Å²) in [4.78, 5) is 0. The molecule has 0 aromatic carbocycles. The average Bonchev–Trinajstić information content (AvgIpc) is 2.96. The van der Waals surface area contributed by atoms with Gasteiger partial charge < -0.3 is 8.83 Å². The van der Waals surface area contributed by atoms with Crippen molar-refractivity contribution >= 4 is 6.08 Å². The van der Waals surface area contributed by atoms with E-state index in [2.05, 4.69) is 12.7 Å². The molecular formula is C14H14O2. The van der Waals surface area contributed by atoms with E-state index in [0.29, 0.717) is 5.92 Å². The largest absolute Gasteiger partial charge is 0.472 e. The van der Waals surface area contributed by atoms with Crippen molar-refractivity contribution in [3.63, 3.8) is 0 Å². The second kappa shape index (κ2) is 5.21. The first-order chi connectivity index (χ1) is 7.90. The van der Waals surface area contributed by atoms with Gasteiger partial charge in [-0.15, -0.1) is 6.58 Å². The summed E-state index contributed by atoms with van der Waals surface area (Å²) in [6, 6.07) is 3.90. The molecule has 0 N–H and O–H groups in total. The van der Waals surface area contributed by atoms with Gasteiger partial charge in [-0.2, -0.15) is 0 Å². The predicted molar refractivity (Wildman–Crippen MR) is 64.0 cm³/mol. The predicted octanol–water partition coefficient (Wildman–Crippen LogP) is 4.25. The van der Waals surface area contributed by atoms with Gasteiger partial charge in [0.05, 0.1) is 25.1 Å². The van der Waals surface area contributed by atoms with Crippen LogP contribution in [0, 0.1) is 0 Å². The van der Waals surface area contributed by atoms with Crippen LogP contribution in [0.2, 0.25) is 0 Å². The molecule has 2 heteroatoms. The molecule has 2 aromatic rings. The van der Waals surface area contributed by atoms with Gasteiger partial charge in [0.25, 0.3) is 0 Å². The van der Waals surface area contributed by atoms with Crippen LogP contribution in [0.15, 0.2) is 64.8 Å². The summed E-state index contributed by atoms with van der Waals surface area (Å²) in [5.74, 6) is 0.307. The SMILES string of the molecule is C=CC(CC=Cc1ccoc1)c1ccoc1. The first kappa shape index (κ1) is 10.6. The molecule has 0 spiro atoms. The maximum atomic E-state index is 5.06. The summed E-state index contributed by atoms with van der Waals surface area (Å²) >= 11 is 0. The van der Waals surface area contributed by atoms with Gasteiger partial charge in [-0.3, -0.25) is 0 Å². The molecule has 16 heavy (non-hydrogen) atoms. The van der Waals surface area contributed by atoms with Crippen LogP contribution in [0.1, 0.15) is 23.5 Å². The zero-order valence-electron chi connectivity index (χ0n) is 9.00. The van der Waals surface area contributed by atoms with E-state index in [1.165, 1.54) is 0 Å². The molecule has 0 fully saturated rings. The lowest BCUT2D eigenvalue weighted by molar-refractivity contribution is 0.562. The Morgan fingerprint density at radius 1 is 1.19 bits per heavy atom. The minimum atomic E-state index is 0.307. The number of hydrogen-bond donors (Lipinski definition) is 0. The third-order valence-corrected chi connectivity index (χ3v) is 2.50. The zero-order chi connectivity index (χ0) is 11.2. The number of hydrogen-bond acceptors (Lipinski definition) is 2. The highest BCUT2D eigenvalue weighted by atomic mass is 16.3. The first-order valence-corrected chi connectivity index (χ1v) is 5.23. The summed E-state index contributed by atoms with van der Waals surface area (Å²) in [6.07, 6.45) is 13.8. The van der Waals surface area contributed by atoms with Crippen LogP contribution in [0.4, 0.5) is 0 Å². The fourth-order valence-electron chi connectivity index (χ4n) is 1.57. The Labute approximate surface area is 94.9 Å². The Hall–Kier alpha value is -1.96. The van der Waals surface area contributed by atoms with Crippen LogP contribution in [-0.4, -0.2) is 0 Å². The van der Waals surface area contributed by atoms with Crippen LogP contribution >= 0.6 is 0 Å². The van der Waals surface area contributed by atoms with Crippen molar-refractivity contribution in [3.8, 4) is 0 Å². The highest BCUT2D eigenvalue weighted by Crippen LogP contribution is 2.22. The molecule has 1 atom stereocenters. The molecule has 2 aromatic heterocycles. The lowest BCUT2D eigenvalue weighted by atomic mass is 9.98. The van der Waals surface area contributed by atoms with Gasteiger partial charge in [0, 0.05) is 11.5 Å². The van der Waals surface area contributed by atoms with Gasteiger partial charge in [0.1, 0.15) is 0 Å². The Morgan fingerprint density at radius 2 is 2.00 bits per heavy atom. The van der Waals surface area contributed by atoms with E-state index in [1.807, 2.05) is 24.3 Å². The molecular weight excluding hydrogens is 200 g/mol. The highest BCUT2D eigenvalue weighted by molar-refractivity contribution is 5.47. The van der Waals surface area contributed by atoms with Crippen molar-refractivity contribution in [1.82, 2.24) is 0 Å². The molecule has 0 aliphatic heterocycles. The van der Waals surface area contributed by atoms with Crippen LogP contribution in [0.25, 0.3) is 6.08 Å². The molecule has 0 aliphatic carbocycles. The van der Waals surface area contributed by atoms with Gasteiger partial charge in [-0.05, 0) is 24.1 Å². The van der Waals surface area contributed by atoms with Gasteiger partial charge >= 0.3 is 0 Å². The van der Waals surface area contributed by atoms with E-state index in [1.54, 1.807) is 25.1 Å². The maximum absolute atomic E-state index is 5.06. The summed E-state index contributed by atoms with van der Waals surface area (Å²) in [5.41, 5.74) is 2.24. The van der Waals surface area contributed by atoms with E-state index in [0.717, 1.165) is 17.5 Å². The molecule has 0 bridgehead atoms. The van der Waals surface area contributed by atoms with Crippen molar-refractivity contribution in [2.45, 2.75) is 12.3 Å². The lowest BCUT2D eigenvalue weighted by Gasteiger charge is -2.05. The number of furan rings is 2. The molecule has 0 saturated carbocycles. The quantitative estimate of drug-likeness (QED) is 0.695. The maximum Gasteiger partial charge on any atom is 0.0974 e. The second-order valence-electron chi connectivity index (χ2n) is 3.59. The van der Waals surface area contributed by atoms with E-state index < -0.39 is 0 Å². The van der Waals surface area contributed by atoms with Gasteiger partial charge in [0.15, 0.2) is 0 Å². The molecule has 0 saturated heterocycles. The van der Waals surface area contributed by atoms with Crippen molar-refractivity contribution < 1.29 is 8.83 Å². The minimum absolute atomic E-state index is 0.307. The van der Waals surface area contributed by atoms with Crippen LogP contribution in [0.5, 0.6) is 0 Å². The van der Waals surface area contributed by atoms with E-state index in [-0.39, 0.29) is 0 Å². The molecule has 0 amide bonds. The molecule has 82 valence electrons. The van der Waals surface area contributed by atoms with E-state index >= 15 is 0 Å². The summed E-state index contributed by atoms with van der Waals surface area (Å²) in [5, 5.41) is 0. The molecule has 0 aliphatic rings. The zero-order valence-corrected chi connectivity index (χ0v) is 9.00. The second-order valence-corrected chi connectivity index (χ2v) is 3.59. The smallest absolute Gasteiger partial charge is 0.0974 e. The van der Waals surface area contributed by atoms with Gasteiger partial charge in [-0.25, -0.2) is 0 Å². The monoisotopic (exact) mass is 214 g/mol. The Kier molecular flexibility index (Phi) is 3.44. The standard InChI is InChI=1S/C14H14O2/c1-2-13(14-7-9-16-11-14)5-3-4-12-6-8-15-10-12/h2-4,6-11,13H,1,5H2. The fraction of sp³-hybridized carbons (Fsp3) is 0.143. The third kappa shape index (κ3) is 2.54. The van der Waals surface area contributed by atoms with Gasteiger partial charge in [0.2, 0.25) is 0 Å². The van der Waals surface area contributed by atoms with Crippen molar-refractivity contribution in [2.75, 3.05) is 0 Å². The topological polar surface area (TPSA) is 26.3 Å². The Morgan fingerprint density at radius 3 is 2.62 bits per heavy atom. The molecule has 0 radical (unpaired) electrons. The van der Waals surface area contributed by atoms with Crippen LogP contribution in [0.3, 0.4) is 0 Å². The Bertz CT molecular complexity index is 435. The molecule has 2 heterocycles. The number of rotatable bonds is 5. The molecule has 1 unspecified atom stereocenters. The third-order valence-electron chi connectivity index (χ3n) is 2.50. The average molecular weight is 214 g/mol. The fourth-order valence-corrected chi connectivity index (χ4v) is 1.57. The number of allylic oxidation sites excluding steroid dienone is 2. The lowest BCUT2D eigenvalue weighted by Crippen LogP contribution is -1.89. The van der Waals surface area contributed by atoms with Crippen molar-refractivity contribution in [1.29, 1.82) is 0 Å². The van der Waals surface area contributed by atoms with E-state index in [9.17, 15) is 0 Å². The minimum Gasteiger partial charge on any atom is -0.472 e. The normalized spacial score (nSPS) is 13.0. The Balaban J connectivity index is 1.96. The van der Waals surface area contributed by atoms with Crippen LogP contribution in [-0.2, 0) is 0 Å². The summed E-state index contributed by atoms with van der Waals surface area (Å²) in [6.45, 7) is 3.84. The van der Waals surface area contributed by atoms with E-state index in [4.69, 9.17) is 8.83 Å². The molecule has 2 nitrogen and oxygen atoms in total. The van der Waals surface area contributed by atoms with Crippen LogP contribution < -0.4 is 0 Å². The summed E-state index contributed by atoms with van der Waals surface area (Å²) in [7, 11) is 0.